The zero-order chi connectivity index (χ0) is 15.4. The molecule has 0 bridgehead atoms. The molecule has 0 amide bonds. The number of nitrogen functional groups attached to an aromatic ring is 1. The van der Waals surface area contributed by atoms with Gasteiger partial charge in [0.2, 0.25) is 0 Å². The lowest BCUT2D eigenvalue weighted by molar-refractivity contribution is 0.303. The molecular weight excluding hydrogens is 286 g/mol. The Hall–Kier alpha value is -1.78. The Bertz CT molecular complexity index is 612. The van der Waals surface area contributed by atoms with Gasteiger partial charge in [-0.15, -0.1) is 0 Å². The number of rotatable bonds is 5. The summed E-state index contributed by atoms with van der Waals surface area (Å²) >= 11 is 6.26. The van der Waals surface area contributed by atoms with Gasteiger partial charge in [-0.3, -0.25) is 0 Å². The molecule has 0 fully saturated rings. The summed E-state index contributed by atoms with van der Waals surface area (Å²) in [5.74, 6) is 7.13. The van der Waals surface area contributed by atoms with Crippen molar-refractivity contribution in [3.63, 3.8) is 0 Å². The van der Waals surface area contributed by atoms with Gasteiger partial charge < -0.3 is 10.2 Å². The quantitative estimate of drug-likeness (QED) is 0.647. The molecule has 1 aromatic heterocycles. The van der Waals surface area contributed by atoms with Crippen LogP contribution in [0.15, 0.2) is 30.5 Å². The zero-order valence-electron chi connectivity index (χ0n) is 12.5. The number of aryl methyl sites for hydroxylation is 1. The highest BCUT2D eigenvalue weighted by atomic mass is 35.5. The minimum absolute atomic E-state index is 0.358. The minimum Gasteiger partial charge on any atom is -0.489 e. The van der Waals surface area contributed by atoms with E-state index in [1.807, 2.05) is 31.2 Å². The Morgan fingerprint density at radius 3 is 2.67 bits per heavy atom. The van der Waals surface area contributed by atoms with Crippen LogP contribution in [-0.2, 0) is 6.61 Å². The summed E-state index contributed by atoms with van der Waals surface area (Å²) in [5, 5.41) is 0.787. The number of hydrazine groups is 1. The van der Waals surface area contributed by atoms with Crippen molar-refractivity contribution in [1.82, 2.24) is 4.98 Å². The predicted molar refractivity (Wildman–Crippen MR) is 86.7 cm³/mol. The average molecular weight is 306 g/mol. The van der Waals surface area contributed by atoms with E-state index in [-0.39, 0.29) is 0 Å². The number of hydrogen-bond acceptors (Lipinski definition) is 4. The molecule has 0 unspecified atom stereocenters. The number of nitrogens with two attached hydrogens (primary N) is 1. The number of hydrogen-bond donors (Lipinski definition) is 2. The number of halogens is 1. The highest BCUT2D eigenvalue weighted by Crippen LogP contribution is 2.31. The van der Waals surface area contributed by atoms with Gasteiger partial charge >= 0.3 is 0 Å². The fraction of sp³-hybridized carbons (Fsp3) is 0.312. The molecule has 2 rings (SSSR count). The molecule has 21 heavy (non-hydrogen) atoms. The van der Waals surface area contributed by atoms with Gasteiger partial charge in [0, 0.05) is 16.8 Å². The molecule has 5 heteroatoms. The van der Waals surface area contributed by atoms with Gasteiger partial charge in [0.05, 0.1) is 0 Å². The van der Waals surface area contributed by atoms with Crippen LogP contribution in [0.25, 0.3) is 0 Å². The summed E-state index contributed by atoms with van der Waals surface area (Å²) in [5.41, 5.74) is 5.60. The van der Waals surface area contributed by atoms with Crippen LogP contribution in [0.5, 0.6) is 5.75 Å². The Balaban J connectivity index is 2.13. The standard InChI is InChI=1S/C16H20ClN3O/c1-10(2)13-7-15(11(3)6-14(13)17)21-9-12-4-5-16(20-18)19-8-12/h4-8,10H,9,18H2,1-3H3,(H,19,20). The summed E-state index contributed by atoms with van der Waals surface area (Å²) in [6, 6.07) is 7.71. The van der Waals surface area contributed by atoms with Crippen molar-refractivity contribution in [3.05, 3.63) is 52.2 Å². The molecule has 0 atom stereocenters. The van der Waals surface area contributed by atoms with Crippen LogP contribution in [0.2, 0.25) is 5.02 Å². The van der Waals surface area contributed by atoms with Gasteiger partial charge in [0.25, 0.3) is 0 Å². The first-order valence-corrected chi connectivity index (χ1v) is 7.23. The lowest BCUT2D eigenvalue weighted by atomic mass is 10.0. The van der Waals surface area contributed by atoms with E-state index in [1.165, 1.54) is 0 Å². The van der Waals surface area contributed by atoms with E-state index in [0.717, 1.165) is 27.5 Å². The van der Waals surface area contributed by atoms with Gasteiger partial charge in [0.15, 0.2) is 0 Å². The normalized spacial score (nSPS) is 10.8. The van der Waals surface area contributed by atoms with Crippen molar-refractivity contribution in [2.45, 2.75) is 33.3 Å². The second kappa shape index (κ2) is 6.78. The van der Waals surface area contributed by atoms with Crippen LogP contribution in [0.3, 0.4) is 0 Å². The van der Waals surface area contributed by atoms with Gasteiger partial charge in [-0.2, -0.15) is 0 Å². The van der Waals surface area contributed by atoms with Gasteiger partial charge in [-0.05, 0) is 42.2 Å². The van der Waals surface area contributed by atoms with Crippen LogP contribution in [0, 0.1) is 6.92 Å². The average Bonchev–Trinajstić information content (AvgIpc) is 2.46. The van der Waals surface area contributed by atoms with Gasteiger partial charge in [-0.25, -0.2) is 10.8 Å². The molecule has 4 nitrogen and oxygen atoms in total. The molecule has 0 saturated carbocycles. The van der Waals surface area contributed by atoms with E-state index in [4.69, 9.17) is 22.2 Å². The summed E-state index contributed by atoms with van der Waals surface area (Å²) in [4.78, 5) is 4.15. The van der Waals surface area contributed by atoms with E-state index in [2.05, 4.69) is 24.3 Å². The number of anilines is 1. The van der Waals surface area contributed by atoms with Crippen LogP contribution in [0.1, 0.15) is 36.5 Å². The lowest BCUT2D eigenvalue weighted by Gasteiger charge is -2.14. The highest BCUT2D eigenvalue weighted by molar-refractivity contribution is 6.31. The third kappa shape index (κ3) is 3.86. The van der Waals surface area contributed by atoms with E-state index >= 15 is 0 Å². The molecule has 0 aliphatic carbocycles. The maximum atomic E-state index is 6.26. The molecule has 1 aromatic carbocycles. The monoisotopic (exact) mass is 305 g/mol. The Morgan fingerprint density at radius 1 is 1.33 bits per heavy atom. The molecule has 0 saturated heterocycles. The lowest BCUT2D eigenvalue weighted by Crippen LogP contribution is -2.08. The first-order chi connectivity index (χ1) is 10.0. The number of nitrogens with one attached hydrogen (secondary N) is 1. The van der Waals surface area contributed by atoms with Crippen LogP contribution >= 0.6 is 11.6 Å². The molecular formula is C16H20ClN3O. The minimum atomic E-state index is 0.358. The maximum absolute atomic E-state index is 6.26. The fourth-order valence-electron chi connectivity index (χ4n) is 2.02. The van der Waals surface area contributed by atoms with Crippen molar-refractivity contribution in [2.24, 2.45) is 5.84 Å². The van der Waals surface area contributed by atoms with Crippen LogP contribution in [0.4, 0.5) is 5.82 Å². The molecule has 112 valence electrons. The zero-order valence-corrected chi connectivity index (χ0v) is 13.2. The second-order valence-electron chi connectivity index (χ2n) is 5.28. The van der Waals surface area contributed by atoms with Gasteiger partial charge in [0.1, 0.15) is 18.2 Å². The van der Waals surface area contributed by atoms with Crippen molar-refractivity contribution in [2.75, 3.05) is 5.43 Å². The molecule has 2 aromatic rings. The van der Waals surface area contributed by atoms with E-state index in [9.17, 15) is 0 Å². The first-order valence-electron chi connectivity index (χ1n) is 6.85. The largest absolute Gasteiger partial charge is 0.489 e. The van der Waals surface area contributed by atoms with E-state index < -0.39 is 0 Å². The summed E-state index contributed by atoms with van der Waals surface area (Å²) in [6.45, 7) is 6.68. The summed E-state index contributed by atoms with van der Waals surface area (Å²) in [6.07, 6.45) is 1.74. The number of nitrogens with zero attached hydrogens (tertiary/aromatic N) is 1. The Morgan fingerprint density at radius 2 is 2.10 bits per heavy atom. The topological polar surface area (TPSA) is 60.2 Å². The van der Waals surface area contributed by atoms with E-state index in [1.54, 1.807) is 6.20 Å². The molecule has 3 N–H and O–H groups in total. The van der Waals surface area contributed by atoms with Crippen molar-refractivity contribution < 1.29 is 4.74 Å². The molecule has 0 aliphatic rings. The molecule has 1 heterocycles. The Labute approximate surface area is 130 Å². The predicted octanol–water partition coefficient (Wildman–Crippen LogP) is 4.03. The second-order valence-corrected chi connectivity index (χ2v) is 5.69. The number of pyridine rings is 1. The highest BCUT2D eigenvalue weighted by Gasteiger charge is 2.10. The molecule has 0 radical (unpaired) electrons. The number of aromatic nitrogens is 1. The fourth-order valence-corrected chi connectivity index (χ4v) is 2.46. The van der Waals surface area contributed by atoms with Gasteiger partial charge in [-0.1, -0.05) is 31.5 Å². The third-order valence-electron chi connectivity index (χ3n) is 3.28. The SMILES string of the molecule is Cc1cc(Cl)c(C(C)C)cc1OCc1ccc(NN)nc1. The number of ether oxygens (including phenoxy) is 1. The molecule has 0 aliphatic heterocycles. The maximum Gasteiger partial charge on any atom is 0.139 e. The Kier molecular flexibility index (Phi) is 5.04. The van der Waals surface area contributed by atoms with Crippen molar-refractivity contribution in [1.29, 1.82) is 0 Å². The summed E-state index contributed by atoms with van der Waals surface area (Å²) in [7, 11) is 0. The third-order valence-corrected chi connectivity index (χ3v) is 3.61. The van der Waals surface area contributed by atoms with Crippen LogP contribution in [-0.4, -0.2) is 4.98 Å². The van der Waals surface area contributed by atoms with Crippen molar-refractivity contribution in [3.8, 4) is 5.75 Å². The smallest absolute Gasteiger partial charge is 0.139 e. The van der Waals surface area contributed by atoms with Crippen molar-refractivity contribution >= 4 is 17.4 Å². The van der Waals surface area contributed by atoms with Crippen LogP contribution < -0.4 is 16.0 Å². The number of benzene rings is 1. The summed E-state index contributed by atoms with van der Waals surface area (Å²) < 4.78 is 5.89. The van der Waals surface area contributed by atoms with E-state index in [0.29, 0.717) is 18.3 Å². The first kappa shape index (κ1) is 15.6. The molecule has 0 spiro atoms.